The molecule has 0 aliphatic carbocycles. The Balaban J connectivity index is 1.53. The molecule has 0 bridgehead atoms. The van der Waals surface area contributed by atoms with Gasteiger partial charge in [0.05, 0.1) is 38.2 Å². The summed E-state index contributed by atoms with van der Waals surface area (Å²) in [7, 11) is 0. The monoisotopic (exact) mass is 665 g/mol. The average Bonchev–Trinajstić information content (AvgIpc) is 3.01. The highest BCUT2D eigenvalue weighted by Gasteiger charge is 2.42. The van der Waals surface area contributed by atoms with E-state index in [1.807, 2.05) is 44.2 Å². The molecular formula is C34H43N5O9. The van der Waals surface area contributed by atoms with Gasteiger partial charge in [0.1, 0.15) is 18.0 Å². The Morgan fingerprint density at radius 1 is 0.833 bits per heavy atom. The normalized spacial score (nSPS) is 18.1. The van der Waals surface area contributed by atoms with Crippen molar-refractivity contribution in [1.82, 2.24) is 25.3 Å². The van der Waals surface area contributed by atoms with Gasteiger partial charge in [-0.1, -0.05) is 42.5 Å². The number of esters is 1. The van der Waals surface area contributed by atoms with Crippen molar-refractivity contribution in [2.75, 3.05) is 32.7 Å². The van der Waals surface area contributed by atoms with Gasteiger partial charge in [0.25, 0.3) is 0 Å². The number of benzene rings is 2. The Hall–Kier alpha value is -4.82. The molecule has 2 aromatic carbocycles. The van der Waals surface area contributed by atoms with Gasteiger partial charge in [-0.3, -0.25) is 39.1 Å². The largest absolute Gasteiger partial charge is 0.488 e. The lowest BCUT2D eigenvalue weighted by Crippen LogP contribution is -2.63. The van der Waals surface area contributed by atoms with E-state index in [1.165, 1.54) is 0 Å². The zero-order valence-electron chi connectivity index (χ0n) is 27.9. The minimum Gasteiger partial charge on any atom is -0.488 e. The smallest absolute Gasteiger partial charge is 0.407 e. The van der Waals surface area contributed by atoms with Crippen LogP contribution in [0, 0.1) is 0 Å². The van der Waals surface area contributed by atoms with E-state index in [0.29, 0.717) is 5.75 Å². The van der Waals surface area contributed by atoms with Crippen molar-refractivity contribution < 1.29 is 43.0 Å². The fourth-order valence-corrected chi connectivity index (χ4v) is 5.37. The van der Waals surface area contributed by atoms with Crippen LogP contribution in [0.25, 0.3) is 0 Å². The summed E-state index contributed by atoms with van der Waals surface area (Å²) in [6.07, 6.45) is -2.42. The fourth-order valence-electron chi connectivity index (χ4n) is 5.37. The molecule has 3 unspecified atom stereocenters. The molecule has 2 N–H and O–H groups in total. The molecule has 0 radical (unpaired) electrons. The van der Waals surface area contributed by atoms with E-state index >= 15 is 0 Å². The van der Waals surface area contributed by atoms with Crippen LogP contribution in [0.5, 0.6) is 5.75 Å². The lowest BCUT2D eigenvalue weighted by atomic mass is 10.0. The third-order valence-electron chi connectivity index (χ3n) is 7.93. The topological polar surface area (TPSA) is 164 Å². The summed E-state index contributed by atoms with van der Waals surface area (Å²) in [5.74, 6) is -2.51. The highest BCUT2D eigenvalue weighted by Crippen LogP contribution is 2.33. The molecule has 0 spiro atoms. The number of imide groups is 2. The maximum atomic E-state index is 13.8. The van der Waals surface area contributed by atoms with Gasteiger partial charge in [0.2, 0.25) is 29.9 Å². The number of amides is 5. The maximum Gasteiger partial charge on any atom is 0.407 e. The van der Waals surface area contributed by atoms with Gasteiger partial charge < -0.3 is 19.5 Å². The third-order valence-corrected chi connectivity index (χ3v) is 7.93. The molecule has 14 heteroatoms. The summed E-state index contributed by atoms with van der Waals surface area (Å²) in [5.41, 5.74) is 0.444. The van der Waals surface area contributed by atoms with E-state index in [-0.39, 0.29) is 63.4 Å². The first-order chi connectivity index (χ1) is 22.7. The number of carbonyl (C=O) groups excluding carboxylic acids is 6. The van der Waals surface area contributed by atoms with Gasteiger partial charge in [-0.25, -0.2) is 9.69 Å². The van der Waals surface area contributed by atoms with Crippen LogP contribution in [0.2, 0.25) is 0 Å². The summed E-state index contributed by atoms with van der Waals surface area (Å²) in [6.45, 7) is 8.52. The van der Waals surface area contributed by atoms with Crippen LogP contribution in [0.3, 0.4) is 0 Å². The first-order valence-electron chi connectivity index (χ1n) is 15.8. The Labute approximate surface area is 279 Å². The molecule has 0 aromatic heterocycles. The summed E-state index contributed by atoms with van der Waals surface area (Å²) in [6, 6.07) is 15.4. The van der Waals surface area contributed by atoms with Crippen molar-refractivity contribution in [1.29, 1.82) is 0 Å². The Bertz CT molecular complexity index is 1480. The van der Waals surface area contributed by atoms with E-state index in [0.717, 1.165) is 10.5 Å². The lowest BCUT2D eigenvalue weighted by molar-refractivity contribution is -0.177. The number of nitrogens with zero attached hydrogens (tertiary/aromatic N) is 3. The minimum absolute atomic E-state index is 0.0136. The van der Waals surface area contributed by atoms with E-state index < -0.39 is 47.5 Å². The Morgan fingerprint density at radius 3 is 2.00 bits per heavy atom. The summed E-state index contributed by atoms with van der Waals surface area (Å²) in [5, 5.41) is 4.77. The molecule has 14 nitrogen and oxygen atoms in total. The second kappa shape index (κ2) is 15.8. The summed E-state index contributed by atoms with van der Waals surface area (Å²) in [4.78, 5) is 81.0. The van der Waals surface area contributed by atoms with Gasteiger partial charge in [-0.05, 0) is 52.3 Å². The van der Waals surface area contributed by atoms with Crippen LogP contribution in [0.1, 0.15) is 58.4 Å². The van der Waals surface area contributed by atoms with Gasteiger partial charge >= 0.3 is 12.1 Å². The highest BCUT2D eigenvalue weighted by atomic mass is 16.6. The van der Waals surface area contributed by atoms with Crippen LogP contribution in [0.15, 0.2) is 54.6 Å². The van der Waals surface area contributed by atoms with Crippen molar-refractivity contribution >= 4 is 35.7 Å². The van der Waals surface area contributed by atoms with Crippen molar-refractivity contribution in [2.45, 2.75) is 71.6 Å². The fraction of sp³-hybridized carbons (Fsp3) is 0.471. The second-order valence-corrected chi connectivity index (χ2v) is 12.8. The summed E-state index contributed by atoms with van der Waals surface area (Å²) < 4.78 is 17.1. The quantitative estimate of drug-likeness (QED) is 0.252. The van der Waals surface area contributed by atoms with Gasteiger partial charge in [0, 0.05) is 18.6 Å². The molecule has 48 heavy (non-hydrogen) atoms. The molecule has 2 fully saturated rings. The van der Waals surface area contributed by atoms with Crippen LogP contribution in [-0.4, -0.2) is 101 Å². The highest BCUT2D eigenvalue weighted by molar-refractivity contribution is 6.00. The first kappa shape index (κ1) is 36.0. The Kier molecular flexibility index (Phi) is 11.9. The molecule has 5 amide bonds. The first-order valence-corrected chi connectivity index (χ1v) is 15.8. The van der Waals surface area contributed by atoms with E-state index in [4.69, 9.17) is 14.2 Å². The van der Waals surface area contributed by atoms with Crippen molar-refractivity contribution in [3.05, 3.63) is 65.7 Å². The van der Waals surface area contributed by atoms with E-state index in [9.17, 15) is 28.8 Å². The van der Waals surface area contributed by atoms with Crippen molar-refractivity contribution in [3.8, 4) is 5.75 Å². The van der Waals surface area contributed by atoms with Gasteiger partial charge in [0.15, 0.2) is 0 Å². The summed E-state index contributed by atoms with van der Waals surface area (Å²) >= 11 is 0. The number of hydrogen-bond acceptors (Lipinski definition) is 11. The Morgan fingerprint density at radius 2 is 1.40 bits per heavy atom. The number of ether oxygens (including phenoxy) is 3. The predicted octanol–water partition coefficient (Wildman–Crippen LogP) is 2.13. The zero-order valence-corrected chi connectivity index (χ0v) is 27.9. The minimum atomic E-state index is -1.45. The number of hydrogen-bond donors (Lipinski definition) is 2. The zero-order chi connectivity index (χ0) is 35.0. The number of piperazine rings is 2. The molecule has 3 atom stereocenters. The molecule has 0 saturated carbocycles. The number of nitrogens with one attached hydrogen (secondary N) is 2. The molecule has 2 heterocycles. The van der Waals surface area contributed by atoms with E-state index in [2.05, 4.69) is 10.6 Å². The SMILES string of the molecule is CC(C(C)N1CC(=O)N(C(OC(=O)CCNC(=O)OC(C)(C)C)c2ccccc2OCc2ccccc2)C(=O)C1)N1CC(=O)NC(=O)C1. The number of rotatable bonds is 12. The molecule has 258 valence electrons. The van der Waals surface area contributed by atoms with E-state index in [1.54, 1.807) is 54.8 Å². The second-order valence-electron chi connectivity index (χ2n) is 12.8. The maximum absolute atomic E-state index is 13.8. The van der Waals surface area contributed by atoms with Crippen molar-refractivity contribution in [3.63, 3.8) is 0 Å². The standard InChI is InChI=1S/C34H43N5O9/c1-22(37-17-27(40)36-28(41)18-37)23(2)38-19-29(42)39(30(43)20-38)32(47-31(44)15-16-35-33(45)48-34(3,4)5)25-13-9-10-14-26(25)46-21-24-11-7-6-8-12-24/h6-14,22-23,32H,15-21H2,1-5H3,(H,35,45)(H,36,40,41). The molecule has 4 rings (SSSR count). The number of carbonyl (C=O) groups is 6. The number of para-hydroxylation sites is 1. The molecule has 2 aliphatic rings. The lowest BCUT2D eigenvalue weighted by Gasteiger charge is -2.43. The van der Waals surface area contributed by atoms with Crippen LogP contribution in [0.4, 0.5) is 4.79 Å². The van der Waals surface area contributed by atoms with Crippen LogP contribution < -0.4 is 15.4 Å². The van der Waals surface area contributed by atoms with Gasteiger partial charge in [-0.15, -0.1) is 0 Å². The molecule has 2 aliphatic heterocycles. The van der Waals surface area contributed by atoms with Gasteiger partial charge in [-0.2, -0.15) is 0 Å². The third kappa shape index (κ3) is 9.84. The number of alkyl carbamates (subject to hydrolysis) is 1. The average molecular weight is 666 g/mol. The molecule has 2 saturated heterocycles. The molecular weight excluding hydrogens is 622 g/mol. The molecule has 2 aromatic rings. The predicted molar refractivity (Wildman–Crippen MR) is 172 cm³/mol. The van der Waals surface area contributed by atoms with Crippen LogP contribution in [-0.2, 0) is 40.1 Å². The van der Waals surface area contributed by atoms with Crippen LogP contribution >= 0.6 is 0 Å². The van der Waals surface area contributed by atoms with Crippen molar-refractivity contribution in [2.24, 2.45) is 0 Å².